The molecule has 2 aromatic rings. The van der Waals surface area contributed by atoms with Crippen molar-refractivity contribution in [2.45, 2.75) is 25.7 Å². The van der Waals surface area contributed by atoms with Gasteiger partial charge in [0.25, 0.3) is 0 Å². The van der Waals surface area contributed by atoms with E-state index in [1.807, 2.05) is 55.5 Å². The number of carbonyl (C=O) groups is 1. The molecule has 0 aliphatic carbocycles. The summed E-state index contributed by atoms with van der Waals surface area (Å²) in [5, 5.41) is 0. The van der Waals surface area contributed by atoms with Crippen molar-refractivity contribution in [3.8, 4) is 0 Å². The highest BCUT2D eigenvalue weighted by Crippen LogP contribution is 2.19. The zero-order valence-corrected chi connectivity index (χ0v) is 17.2. The average Bonchev–Trinajstić information content (AvgIpc) is 2.90. The first kappa shape index (κ1) is 19.8. The van der Waals surface area contributed by atoms with Crippen LogP contribution in [-0.4, -0.2) is 60.7 Å². The largest absolute Gasteiger partial charge is 0.351 e. The van der Waals surface area contributed by atoms with Crippen LogP contribution >= 0.6 is 0 Å². The van der Waals surface area contributed by atoms with Crippen LogP contribution < -0.4 is 0 Å². The van der Waals surface area contributed by atoms with Gasteiger partial charge in [-0.3, -0.25) is 9.69 Å². The third kappa shape index (κ3) is 4.00. The van der Waals surface area contributed by atoms with Crippen molar-refractivity contribution in [2.75, 3.05) is 32.7 Å². The molecular formula is C20H27N3O3S. The first-order chi connectivity index (χ1) is 12.7. The Bertz CT molecular complexity index is 938. The number of benzene rings is 1. The zero-order valence-electron chi connectivity index (χ0n) is 16.4. The van der Waals surface area contributed by atoms with Crippen LogP contribution in [0.25, 0.3) is 0 Å². The Kier molecular flexibility index (Phi) is 5.55. The molecule has 1 aliphatic heterocycles. The molecule has 1 aromatic heterocycles. The van der Waals surface area contributed by atoms with Crippen LogP contribution in [0.2, 0.25) is 0 Å². The van der Waals surface area contributed by atoms with Crippen LogP contribution in [0, 0.1) is 20.8 Å². The summed E-state index contributed by atoms with van der Waals surface area (Å²) in [4.78, 5) is 15.0. The molecule has 0 unspecified atom stereocenters. The normalized spacial score (nSPS) is 16.6. The van der Waals surface area contributed by atoms with E-state index < -0.39 is 10.0 Å². The van der Waals surface area contributed by atoms with E-state index in [0.29, 0.717) is 37.6 Å². The Labute approximate surface area is 161 Å². The zero-order chi connectivity index (χ0) is 19.8. The molecule has 1 aromatic carbocycles. The van der Waals surface area contributed by atoms with Gasteiger partial charge in [0.05, 0.1) is 11.4 Å². The van der Waals surface area contributed by atoms with Gasteiger partial charge in [0.15, 0.2) is 5.78 Å². The van der Waals surface area contributed by atoms with Gasteiger partial charge in [-0.25, -0.2) is 8.42 Å². The highest BCUT2D eigenvalue weighted by atomic mass is 32.2. The Morgan fingerprint density at radius 1 is 1.00 bits per heavy atom. The van der Waals surface area contributed by atoms with Gasteiger partial charge >= 0.3 is 0 Å². The standard InChI is InChI=1S/C20H27N3O3S/c1-15-5-7-18(8-6-15)27(25,26)23-11-9-22(10-12-23)14-20(24)19-13-16(2)21(4)17(19)3/h5-8,13H,9-12,14H2,1-4H3. The molecule has 1 fully saturated rings. The summed E-state index contributed by atoms with van der Waals surface area (Å²) in [5.41, 5.74) is 3.82. The lowest BCUT2D eigenvalue weighted by Crippen LogP contribution is -2.49. The van der Waals surface area contributed by atoms with Crippen LogP contribution in [0.15, 0.2) is 35.2 Å². The van der Waals surface area contributed by atoms with E-state index in [9.17, 15) is 13.2 Å². The Hall–Kier alpha value is -1.96. The first-order valence-corrected chi connectivity index (χ1v) is 10.6. The van der Waals surface area contributed by atoms with E-state index in [1.54, 1.807) is 12.1 Å². The smallest absolute Gasteiger partial charge is 0.243 e. The third-order valence-corrected chi connectivity index (χ3v) is 7.35. The highest BCUT2D eigenvalue weighted by Gasteiger charge is 2.29. The topological polar surface area (TPSA) is 62.6 Å². The average molecular weight is 390 g/mol. The van der Waals surface area contributed by atoms with Crippen molar-refractivity contribution < 1.29 is 13.2 Å². The SMILES string of the molecule is Cc1ccc(S(=O)(=O)N2CCN(CC(=O)c3cc(C)n(C)c3C)CC2)cc1. The van der Waals surface area contributed by atoms with Crippen molar-refractivity contribution in [1.82, 2.24) is 13.8 Å². The Morgan fingerprint density at radius 3 is 2.11 bits per heavy atom. The van der Waals surface area contributed by atoms with Crippen LogP contribution in [0.5, 0.6) is 0 Å². The summed E-state index contributed by atoms with van der Waals surface area (Å²) in [5.74, 6) is 0.0889. The monoisotopic (exact) mass is 389 g/mol. The van der Waals surface area contributed by atoms with E-state index in [1.165, 1.54) is 4.31 Å². The molecule has 1 aliphatic rings. The van der Waals surface area contributed by atoms with Gasteiger partial charge < -0.3 is 4.57 Å². The molecule has 27 heavy (non-hydrogen) atoms. The van der Waals surface area contributed by atoms with E-state index in [2.05, 4.69) is 0 Å². The summed E-state index contributed by atoms with van der Waals surface area (Å²) in [6, 6.07) is 8.86. The number of hydrogen-bond acceptors (Lipinski definition) is 4. The highest BCUT2D eigenvalue weighted by molar-refractivity contribution is 7.89. The summed E-state index contributed by atoms with van der Waals surface area (Å²) in [7, 11) is -1.52. The minimum atomic E-state index is -3.47. The van der Waals surface area contributed by atoms with Gasteiger partial charge in [0.1, 0.15) is 0 Å². The lowest BCUT2D eigenvalue weighted by Gasteiger charge is -2.33. The number of Topliss-reactive ketones (excluding diaryl/α,β-unsaturated/α-hetero) is 1. The molecule has 6 nitrogen and oxygen atoms in total. The van der Waals surface area contributed by atoms with Crippen molar-refractivity contribution in [3.05, 3.63) is 52.8 Å². The molecule has 0 amide bonds. The van der Waals surface area contributed by atoms with Gasteiger partial charge in [0, 0.05) is 50.2 Å². The van der Waals surface area contributed by atoms with Gasteiger partial charge in [-0.1, -0.05) is 17.7 Å². The van der Waals surface area contributed by atoms with Crippen molar-refractivity contribution in [1.29, 1.82) is 0 Å². The molecule has 0 radical (unpaired) electrons. The number of ketones is 1. The molecule has 0 N–H and O–H groups in total. The number of carbonyl (C=O) groups excluding carboxylic acids is 1. The maximum absolute atomic E-state index is 12.8. The predicted molar refractivity (Wildman–Crippen MR) is 106 cm³/mol. The molecule has 0 spiro atoms. The molecule has 1 saturated heterocycles. The lowest BCUT2D eigenvalue weighted by atomic mass is 10.1. The van der Waals surface area contributed by atoms with Crippen molar-refractivity contribution >= 4 is 15.8 Å². The molecule has 146 valence electrons. The van der Waals surface area contributed by atoms with Crippen LogP contribution in [-0.2, 0) is 17.1 Å². The molecule has 0 atom stereocenters. The maximum Gasteiger partial charge on any atom is 0.243 e. The number of piperazine rings is 1. The van der Waals surface area contributed by atoms with E-state index in [4.69, 9.17) is 0 Å². The third-order valence-electron chi connectivity index (χ3n) is 5.43. The fourth-order valence-electron chi connectivity index (χ4n) is 3.41. The van der Waals surface area contributed by atoms with Crippen molar-refractivity contribution in [2.24, 2.45) is 7.05 Å². The van der Waals surface area contributed by atoms with E-state index >= 15 is 0 Å². The fraction of sp³-hybridized carbons (Fsp3) is 0.450. The minimum absolute atomic E-state index is 0.0889. The summed E-state index contributed by atoms with van der Waals surface area (Å²) in [6.45, 7) is 8.10. The Balaban J connectivity index is 1.62. The molecule has 0 saturated carbocycles. The van der Waals surface area contributed by atoms with Gasteiger partial charge in [0.2, 0.25) is 10.0 Å². The molecule has 2 heterocycles. The van der Waals surface area contributed by atoms with Crippen LogP contribution in [0.1, 0.15) is 27.3 Å². The second kappa shape index (κ2) is 7.58. The molecule has 7 heteroatoms. The quantitative estimate of drug-likeness (QED) is 0.735. The Morgan fingerprint density at radius 2 is 1.59 bits per heavy atom. The maximum atomic E-state index is 12.8. The van der Waals surface area contributed by atoms with Gasteiger partial charge in [-0.15, -0.1) is 0 Å². The second-order valence-electron chi connectivity index (χ2n) is 7.26. The summed E-state index contributed by atoms with van der Waals surface area (Å²) >= 11 is 0. The predicted octanol–water partition coefficient (Wildman–Crippen LogP) is 2.14. The number of aromatic nitrogens is 1. The number of aryl methyl sites for hydroxylation is 2. The van der Waals surface area contributed by atoms with Gasteiger partial charge in [-0.2, -0.15) is 4.31 Å². The fourth-order valence-corrected chi connectivity index (χ4v) is 4.84. The van der Waals surface area contributed by atoms with Crippen molar-refractivity contribution in [3.63, 3.8) is 0 Å². The van der Waals surface area contributed by atoms with Gasteiger partial charge in [-0.05, 0) is 39.0 Å². The lowest BCUT2D eigenvalue weighted by molar-refractivity contribution is 0.0901. The molecule has 0 bridgehead atoms. The number of rotatable bonds is 5. The minimum Gasteiger partial charge on any atom is -0.351 e. The summed E-state index contributed by atoms with van der Waals surface area (Å²) in [6.07, 6.45) is 0. The van der Waals surface area contributed by atoms with Crippen LogP contribution in [0.3, 0.4) is 0 Å². The molecular weight excluding hydrogens is 362 g/mol. The number of sulfonamides is 1. The summed E-state index contributed by atoms with van der Waals surface area (Å²) < 4.78 is 29.1. The first-order valence-electron chi connectivity index (χ1n) is 9.15. The number of nitrogens with zero attached hydrogens (tertiary/aromatic N) is 3. The second-order valence-corrected chi connectivity index (χ2v) is 9.20. The van der Waals surface area contributed by atoms with Crippen LogP contribution in [0.4, 0.5) is 0 Å². The molecule has 3 rings (SSSR count). The van der Waals surface area contributed by atoms with E-state index in [0.717, 1.165) is 22.5 Å². The number of hydrogen-bond donors (Lipinski definition) is 0. The van der Waals surface area contributed by atoms with E-state index in [-0.39, 0.29) is 5.78 Å².